The molecule has 1 aromatic heterocycles. The summed E-state index contributed by atoms with van der Waals surface area (Å²) in [5.74, 6) is 1.23. The van der Waals surface area contributed by atoms with Crippen LogP contribution in [0, 0.1) is 0 Å². The van der Waals surface area contributed by atoms with Crippen LogP contribution in [-0.4, -0.2) is 54.1 Å². The molecule has 1 aliphatic heterocycles. The van der Waals surface area contributed by atoms with E-state index in [2.05, 4.69) is 39.3 Å². The number of aromatic nitrogens is 2. The van der Waals surface area contributed by atoms with Gasteiger partial charge < -0.3 is 15.5 Å². The summed E-state index contributed by atoms with van der Waals surface area (Å²) in [6, 6.07) is 0. The molecule has 0 saturated carbocycles. The zero-order valence-electron chi connectivity index (χ0n) is 12.0. The van der Waals surface area contributed by atoms with Crippen LogP contribution in [0.5, 0.6) is 0 Å². The minimum Gasteiger partial charge on any atom is -0.354 e. The Morgan fingerprint density at radius 3 is 2.58 bits per heavy atom. The van der Waals surface area contributed by atoms with E-state index in [0.29, 0.717) is 5.92 Å². The summed E-state index contributed by atoms with van der Waals surface area (Å²) in [5.41, 5.74) is 1.19. The summed E-state index contributed by atoms with van der Waals surface area (Å²) < 4.78 is 0. The van der Waals surface area contributed by atoms with Crippen LogP contribution in [0.2, 0.25) is 0 Å². The quantitative estimate of drug-likeness (QED) is 0.758. The minimum absolute atomic E-state index is 0.488. The number of anilines is 1. The standard InChI is InChI=1S/C14H25N5/c1-12(2)13-10-17-14(18-11-13)16-4-3-7-19-8-5-15-6-9-19/h10-12,15H,3-9H2,1-2H3,(H,16,17,18). The summed E-state index contributed by atoms with van der Waals surface area (Å²) in [5, 5.41) is 6.65. The van der Waals surface area contributed by atoms with E-state index in [-0.39, 0.29) is 0 Å². The highest BCUT2D eigenvalue weighted by Crippen LogP contribution is 2.11. The monoisotopic (exact) mass is 263 g/mol. The van der Waals surface area contributed by atoms with Gasteiger partial charge in [-0.05, 0) is 24.4 Å². The van der Waals surface area contributed by atoms with Crippen LogP contribution in [0.15, 0.2) is 12.4 Å². The predicted octanol–water partition coefficient (Wildman–Crippen LogP) is 1.31. The molecule has 106 valence electrons. The minimum atomic E-state index is 0.488. The Morgan fingerprint density at radius 2 is 1.95 bits per heavy atom. The van der Waals surface area contributed by atoms with Crippen LogP contribution < -0.4 is 10.6 Å². The molecule has 2 heterocycles. The smallest absolute Gasteiger partial charge is 0.222 e. The number of piperazine rings is 1. The van der Waals surface area contributed by atoms with Gasteiger partial charge in [0.25, 0.3) is 0 Å². The van der Waals surface area contributed by atoms with E-state index in [1.807, 2.05) is 12.4 Å². The Labute approximate surface area is 115 Å². The SMILES string of the molecule is CC(C)c1cnc(NCCCN2CCNCC2)nc1. The normalized spacial score (nSPS) is 16.8. The molecule has 1 aliphatic rings. The summed E-state index contributed by atoms with van der Waals surface area (Å²) >= 11 is 0. The second-order valence-electron chi connectivity index (χ2n) is 5.37. The molecule has 0 atom stereocenters. The van der Waals surface area contributed by atoms with E-state index in [9.17, 15) is 0 Å². The van der Waals surface area contributed by atoms with Gasteiger partial charge in [0.2, 0.25) is 5.95 Å². The van der Waals surface area contributed by atoms with Crippen molar-refractivity contribution in [1.29, 1.82) is 0 Å². The molecule has 2 rings (SSSR count). The van der Waals surface area contributed by atoms with Gasteiger partial charge in [0, 0.05) is 45.1 Å². The summed E-state index contributed by atoms with van der Waals surface area (Å²) in [6.45, 7) is 11.0. The lowest BCUT2D eigenvalue weighted by atomic mass is 10.1. The van der Waals surface area contributed by atoms with Gasteiger partial charge in [0.1, 0.15) is 0 Å². The Kier molecular flexibility index (Phi) is 5.54. The van der Waals surface area contributed by atoms with Crippen molar-refractivity contribution in [3.8, 4) is 0 Å². The van der Waals surface area contributed by atoms with Gasteiger partial charge in [0.15, 0.2) is 0 Å². The molecular formula is C14H25N5. The number of nitrogens with zero attached hydrogens (tertiary/aromatic N) is 3. The molecule has 0 spiro atoms. The van der Waals surface area contributed by atoms with Gasteiger partial charge in [-0.1, -0.05) is 13.8 Å². The molecule has 1 saturated heterocycles. The highest BCUT2D eigenvalue weighted by molar-refractivity contribution is 5.25. The highest BCUT2D eigenvalue weighted by Gasteiger charge is 2.08. The molecule has 0 radical (unpaired) electrons. The van der Waals surface area contributed by atoms with Crippen molar-refractivity contribution in [1.82, 2.24) is 20.2 Å². The number of rotatable bonds is 6. The zero-order chi connectivity index (χ0) is 13.5. The van der Waals surface area contributed by atoms with Crippen molar-refractivity contribution in [2.75, 3.05) is 44.6 Å². The Morgan fingerprint density at radius 1 is 1.26 bits per heavy atom. The van der Waals surface area contributed by atoms with E-state index in [1.165, 1.54) is 18.7 Å². The molecule has 5 heteroatoms. The molecule has 0 bridgehead atoms. The number of hydrogen-bond donors (Lipinski definition) is 2. The summed E-state index contributed by atoms with van der Waals surface area (Å²) in [6.07, 6.45) is 4.96. The highest BCUT2D eigenvalue weighted by atomic mass is 15.2. The predicted molar refractivity (Wildman–Crippen MR) is 78.5 cm³/mol. The fourth-order valence-electron chi connectivity index (χ4n) is 2.17. The Balaban J connectivity index is 1.64. The van der Waals surface area contributed by atoms with E-state index in [4.69, 9.17) is 0 Å². The van der Waals surface area contributed by atoms with Crippen LogP contribution in [0.3, 0.4) is 0 Å². The number of hydrogen-bond acceptors (Lipinski definition) is 5. The third-order valence-electron chi connectivity index (χ3n) is 3.48. The van der Waals surface area contributed by atoms with Crippen LogP contribution in [0.25, 0.3) is 0 Å². The van der Waals surface area contributed by atoms with Crippen molar-refractivity contribution in [2.24, 2.45) is 0 Å². The largest absolute Gasteiger partial charge is 0.354 e. The third-order valence-corrected chi connectivity index (χ3v) is 3.48. The Bertz CT molecular complexity index is 357. The van der Waals surface area contributed by atoms with Gasteiger partial charge >= 0.3 is 0 Å². The molecular weight excluding hydrogens is 238 g/mol. The average Bonchev–Trinajstić information content (AvgIpc) is 2.45. The van der Waals surface area contributed by atoms with E-state index in [0.717, 1.165) is 38.5 Å². The molecule has 0 amide bonds. The lowest BCUT2D eigenvalue weighted by Crippen LogP contribution is -2.44. The second-order valence-corrected chi connectivity index (χ2v) is 5.37. The first-order valence-electron chi connectivity index (χ1n) is 7.24. The fourth-order valence-corrected chi connectivity index (χ4v) is 2.17. The molecule has 1 aromatic rings. The van der Waals surface area contributed by atoms with Gasteiger partial charge in [-0.2, -0.15) is 0 Å². The topological polar surface area (TPSA) is 53.1 Å². The Hall–Kier alpha value is -1.20. The van der Waals surface area contributed by atoms with Crippen molar-refractivity contribution < 1.29 is 0 Å². The molecule has 1 fully saturated rings. The lowest BCUT2D eigenvalue weighted by molar-refractivity contribution is 0.240. The molecule has 5 nitrogen and oxygen atoms in total. The van der Waals surface area contributed by atoms with Crippen LogP contribution in [0.4, 0.5) is 5.95 Å². The third kappa shape index (κ3) is 4.76. The first-order valence-corrected chi connectivity index (χ1v) is 7.24. The van der Waals surface area contributed by atoms with Crippen molar-refractivity contribution >= 4 is 5.95 Å². The van der Waals surface area contributed by atoms with Crippen molar-refractivity contribution in [3.05, 3.63) is 18.0 Å². The molecule has 19 heavy (non-hydrogen) atoms. The van der Waals surface area contributed by atoms with E-state index < -0.39 is 0 Å². The summed E-state index contributed by atoms with van der Waals surface area (Å²) in [7, 11) is 0. The molecule has 2 N–H and O–H groups in total. The maximum atomic E-state index is 4.34. The lowest BCUT2D eigenvalue weighted by Gasteiger charge is -2.27. The van der Waals surface area contributed by atoms with Crippen molar-refractivity contribution in [2.45, 2.75) is 26.2 Å². The van der Waals surface area contributed by atoms with Crippen LogP contribution in [-0.2, 0) is 0 Å². The second kappa shape index (κ2) is 7.40. The van der Waals surface area contributed by atoms with E-state index >= 15 is 0 Å². The van der Waals surface area contributed by atoms with Crippen LogP contribution in [0.1, 0.15) is 31.7 Å². The van der Waals surface area contributed by atoms with Gasteiger partial charge in [-0.15, -0.1) is 0 Å². The van der Waals surface area contributed by atoms with Crippen molar-refractivity contribution in [3.63, 3.8) is 0 Å². The maximum absolute atomic E-state index is 4.34. The summed E-state index contributed by atoms with van der Waals surface area (Å²) in [4.78, 5) is 11.2. The van der Waals surface area contributed by atoms with Gasteiger partial charge in [-0.25, -0.2) is 9.97 Å². The van der Waals surface area contributed by atoms with Crippen LogP contribution >= 0.6 is 0 Å². The molecule has 0 aliphatic carbocycles. The first kappa shape index (κ1) is 14.2. The van der Waals surface area contributed by atoms with Gasteiger partial charge in [0.05, 0.1) is 0 Å². The van der Waals surface area contributed by atoms with E-state index in [1.54, 1.807) is 0 Å². The number of nitrogens with one attached hydrogen (secondary N) is 2. The first-order chi connectivity index (χ1) is 9.25. The maximum Gasteiger partial charge on any atom is 0.222 e. The molecule has 0 aromatic carbocycles. The zero-order valence-corrected chi connectivity index (χ0v) is 12.0. The average molecular weight is 263 g/mol. The molecule has 0 unspecified atom stereocenters. The fraction of sp³-hybridized carbons (Fsp3) is 0.714. The van der Waals surface area contributed by atoms with Gasteiger partial charge in [-0.3, -0.25) is 0 Å².